The zero-order chi connectivity index (χ0) is 16.6. The molecule has 0 aliphatic heterocycles. The number of fused-ring (bicyclic) bond motifs is 1. The summed E-state index contributed by atoms with van der Waals surface area (Å²) in [7, 11) is 1.89. The van der Waals surface area contributed by atoms with E-state index in [2.05, 4.69) is 15.1 Å². The molecule has 0 saturated heterocycles. The monoisotopic (exact) mass is 327 g/mol. The smallest absolute Gasteiger partial charge is 0.359 e. The Balaban J connectivity index is 1.93. The molecular weight excluding hydrogens is 307 g/mol. The Bertz CT molecular complexity index is 688. The van der Waals surface area contributed by atoms with Gasteiger partial charge in [0, 0.05) is 25.4 Å². The van der Waals surface area contributed by atoms with Crippen LogP contribution in [0, 0.1) is 12.8 Å². The van der Waals surface area contributed by atoms with E-state index in [0.717, 1.165) is 6.54 Å². The third-order valence-corrected chi connectivity index (χ3v) is 4.32. The van der Waals surface area contributed by atoms with Gasteiger partial charge in [-0.2, -0.15) is 22.7 Å². The van der Waals surface area contributed by atoms with Gasteiger partial charge >= 0.3 is 6.18 Å². The molecule has 126 valence electrons. The second-order valence-electron chi connectivity index (χ2n) is 6.29. The Labute approximate surface area is 132 Å². The van der Waals surface area contributed by atoms with Crippen molar-refractivity contribution < 1.29 is 13.2 Å². The minimum atomic E-state index is -4.57. The number of alkyl halides is 3. The van der Waals surface area contributed by atoms with Crippen molar-refractivity contribution in [3.8, 4) is 0 Å². The molecule has 0 aromatic carbocycles. The van der Waals surface area contributed by atoms with Crippen molar-refractivity contribution in [2.24, 2.45) is 5.92 Å². The standard InChI is InChI=1S/C15H20F3N5/c1-10-8-12(22(2)9-11-6-4-3-5-7-11)23-14(19-10)20-13(21-23)15(16,17)18/h8,11H,3-7,9H2,1-2H3. The van der Waals surface area contributed by atoms with E-state index < -0.39 is 12.0 Å². The average Bonchev–Trinajstić information content (AvgIpc) is 2.91. The Kier molecular flexibility index (Phi) is 4.16. The average molecular weight is 327 g/mol. The Morgan fingerprint density at radius 1 is 1.22 bits per heavy atom. The van der Waals surface area contributed by atoms with Crippen LogP contribution in [0.25, 0.3) is 5.78 Å². The highest BCUT2D eigenvalue weighted by molar-refractivity contribution is 5.47. The van der Waals surface area contributed by atoms with Crippen LogP contribution in [-0.4, -0.2) is 33.2 Å². The van der Waals surface area contributed by atoms with Crippen LogP contribution < -0.4 is 4.90 Å². The first-order valence-electron chi connectivity index (χ1n) is 7.87. The van der Waals surface area contributed by atoms with Gasteiger partial charge < -0.3 is 4.90 Å². The maximum Gasteiger partial charge on any atom is 0.453 e. The topological polar surface area (TPSA) is 46.3 Å². The summed E-state index contributed by atoms with van der Waals surface area (Å²) in [5, 5.41) is 3.62. The predicted molar refractivity (Wildman–Crippen MR) is 80.4 cm³/mol. The SMILES string of the molecule is Cc1cc(N(C)CC2CCCCC2)n2nc(C(F)(F)F)nc2n1. The highest BCUT2D eigenvalue weighted by Crippen LogP contribution is 2.29. The summed E-state index contributed by atoms with van der Waals surface area (Å²) in [5.74, 6) is 0.00897. The highest BCUT2D eigenvalue weighted by atomic mass is 19.4. The van der Waals surface area contributed by atoms with Crippen molar-refractivity contribution in [2.45, 2.75) is 45.2 Å². The first-order chi connectivity index (χ1) is 10.8. The molecule has 1 fully saturated rings. The number of rotatable bonds is 3. The molecule has 0 radical (unpaired) electrons. The zero-order valence-corrected chi connectivity index (χ0v) is 13.3. The van der Waals surface area contributed by atoms with Crippen LogP contribution in [-0.2, 0) is 6.18 Å². The highest BCUT2D eigenvalue weighted by Gasteiger charge is 2.37. The molecule has 2 aromatic heterocycles. The Morgan fingerprint density at radius 3 is 2.57 bits per heavy atom. The van der Waals surface area contributed by atoms with Crippen LogP contribution in [0.3, 0.4) is 0 Å². The van der Waals surface area contributed by atoms with Crippen molar-refractivity contribution in [1.82, 2.24) is 19.6 Å². The van der Waals surface area contributed by atoms with E-state index in [1.165, 1.54) is 36.6 Å². The van der Waals surface area contributed by atoms with Crippen molar-refractivity contribution in [2.75, 3.05) is 18.5 Å². The van der Waals surface area contributed by atoms with Crippen molar-refractivity contribution in [3.05, 3.63) is 17.6 Å². The summed E-state index contributed by atoms with van der Waals surface area (Å²) < 4.78 is 39.8. The fraction of sp³-hybridized carbons (Fsp3) is 0.667. The first kappa shape index (κ1) is 16.0. The van der Waals surface area contributed by atoms with Gasteiger partial charge in [0.05, 0.1) is 0 Å². The molecule has 0 amide bonds. The van der Waals surface area contributed by atoms with E-state index >= 15 is 0 Å². The molecular formula is C15H20F3N5. The molecule has 8 heteroatoms. The number of hydrogen-bond donors (Lipinski definition) is 0. The van der Waals surface area contributed by atoms with E-state index in [1.807, 2.05) is 11.9 Å². The van der Waals surface area contributed by atoms with Crippen molar-refractivity contribution >= 4 is 11.6 Å². The van der Waals surface area contributed by atoms with Gasteiger partial charge in [0.15, 0.2) is 0 Å². The lowest BCUT2D eigenvalue weighted by Gasteiger charge is -2.28. The molecule has 23 heavy (non-hydrogen) atoms. The summed E-state index contributed by atoms with van der Waals surface area (Å²) in [6.07, 6.45) is 1.50. The van der Waals surface area contributed by atoms with Crippen LogP contribution >= 0.6 is 0 Å². The van der Waals surface area contributed by atoms with Crippen LogP contribution in [0.15, 0.2) is 6.07 Å². The number of hydrogen-bond acceptors (Lipinski definition) is 4. The number of halogens is 3. The molecule has 0 unspecified atom stereocenters. The Morgan fingerprint density at radius 2 is 1.91 bits per heavy atom. The molecule has 0 atom stereocenters. The van der Waals surface area contributed by atoms with Gasteiger partial charge in [-0.3, -0.25) is 0 Å². The van der Waals surface area contributed by atoms with Crippen molar-refractivity contribution in [1.29, 1.82) is 0 Å². The molecule has 0 bridgehead atoms. The largest absolute Gasteiger partial charge is 0.453 e. The van der Waals surface area contributed by atoms with Crippen LogP contribution in [0.4, 0.5) is 19.0 Å². The third kappa shape index (κ3) is 3.40. The molecule has 1 saturated carbocycles. The minimum Gasteiger partial charge on any atom is -0.359 e. The fourth-order valence-corrected chi connectivity index (χ4v) is 3.21. The van der Waals surface area contributed by atoms with Gasteiger partial charge in [-0.05, 0) is 25.7 Å². The second-order valence-corrected chi connectivity index (χ2v) is 6.29. The van der Waals surface area contributed by atoms with E-state index in [9.17, 15) is 13.2 Å². The first-order valence-corrected chi connectivity index (χ1v) is 7.87. The molecule has 1 aliphatic carbocycles. The van der Waals surface area contributed by atoms with E-state index in [1.54, 1.807) is 13.0 Å². The lowest BCUT2D eigenvalue weighted by Crippen LogP contribution is -2.28. The van der Waals surface area contributed by atoms with E-state index in [4.69, 9.17) is 0 Å². The summed E-state index contributed by atoms with van der Waals surface area (Å²) >= 11 is 0. The van der Waals surface area contributed by atoms with Gasteiger partial charge in [-0.1, -0.05) is 19.3 Å². The molecule has 2 heterocycles. The molecule has 0 spiro atoms. The quantitative estimate of drug-likeness (QED) is 0.866. The van der Waals surface area contributed by atoms with Crippen LogP contribution in [0.1, 0.15) is 43.6 Å². The number of anilines is 1. The van der Waals surface area contributed by atoms with Gasteiger partial charge in [0.1, 0.15) is 5.82 Å². The van der Waals surface area contributed by atoms with Crippen LogP contribution in [0.5, 0.6) is 0 Å². The molecule has 2 aromatic rings. The lowest BCUT2D eigenvalue weighted by atomic mass is 9.89. The zero-order valence-electron chi connectivity index (χ0n) is 13.3. The molecule has 0 N–H and O–H groups in total. The van der Waals surface area contributed by atoms with Crippen LogP contribution in [0.2, 0.25) is 0 Å². The number of aromatic nitrogens is 4. The van der Waals surface area contributed by atoms with Gasteiger partial charge in [-0.25, -0.2) is 4.98 Å². The van der Waals surface area contributed by atoms with Gasteiger partial charge in [0.25, 0.3) is 11.6 Å². The lowest BCUT2D eigenvalue weighted by molar-refractivity contribution is -0.144. The summed E-state index contributed by atoms with van der Waals surface area (Å²) in [5.41, 5.74) is 0.629. The predicted octanol–water partition coefficient (Wildman–Crippen LogP) is 3.47. The third-order valence-electron chi connectivity index (χ3n) is 4.32. The maximum atomic E-state index is 12.9. The van der Waals surface area contributed by atoms with Gasteiger partial charge in [-0.15, -0.1) is 5.10 Å². The summed E-state index contributed by atoms with van der Waals surface area (Å²) in [6.45, 7) is 2.56. The minimum absolute atomic E-state index is 0.0113. The normalized spacial score (nSPS) is 16.9. The molecule has 1 aliphatic rings. The molecule has 5 nitrogen and oxygen atoms in total. The van der Waals surface area contributed by atoms with Gasteiger partial charge in [0.2, 0.25) is 0 Å². The second kappa shape index (κ2) is 5.98. The Hall–Kier alpha value is -1.86. The number of nitrogens with zero attached hydrogens (tertiary/aromatic N) is 5. The molecule has 3 rings (SSSR count). The van der Waals surface area contributed by atoms with E-state index in [0.29, 0.717) is 17.4 Å². The summed E-state index contributed by atoms with van der Waals surface area (Å²) in [4.78, 5) is 9.55. The maximum absolute atomic E-state index is 12.9. The fourth-order valence-electron chi connectivity index (χ4n) is 3.21. The van der Waals surface area contributed by atoms with E-state index in [-0.39, 0.29) is 5.78 Å². The number of aryl methyl sites for hydroxylation is 1. The van der Waals surface area contributed by atoms with Crippen molar-refractivity contribution in [3.63, 3.8) is 0 Å². The summed E-state index contributed by atoms with van der Waals surface area (Å²) in [6, 6.07) is 1.75.